The van der Waals surface area contributed by atoms with E-state index in [0.29, 0.717) is 15.5 Å². The molecule has 6 N–H and O–H groups in total. The van der Waals surface area contributed by atoms with E-state index in [0.717, 1.165) is 16.2 Å². The number of β-lactam (4-membered cyclic amide) rings is 1. The number of nitrogens with one attached hydrogen (secondary N) is 2. The van der Waals surface area contributed by atoms with Crippen LogP contribution in [0.25, 0.3) is 0 Å². The van der Waals surface area contributed by atoms with Crippen molar-refractivity contribution in [3.8, 4) is 11.5 Å². The Kier molecular flexibility index (Phi) is 12.2. The molecule has 3 atom stereocenters. The zero-order valence-electron chi connectivity index (χ0n) is 24.3. The molecule has 47 heavy (non-hydrogen) atoms. The van der Waals surface area contributed by atoms with Crippen LogP contribution >= 0.6 is 46.2 Å². The van der Waals surface area contributed by atoms with Gasteiger partial charge in [-0.1, -0.05) is 28.3 Å². The molecule has 3 aromatic rings. The van der Waals surface area contributed by atoms with E-state index < -0.39 is 41.2 Å². The summed E-state index contributed by atoms with van der Waals surface area (Å²) in [5.74, 6) is -3.95. The summed E-state index contributed by atoms with van der Waals surface area (Å²) < 4.78 is 0.642. The SMILES string of the molecule is CC(ON=C(C(=O)NC1C(=O)N2C(C(=O)[O-])=C(CSc3nncs3)CS[C@H]12)c1csc(N)n1)C(=O)NN=Cc1ccc(O)c(O)c1.[Na+]. The van der Waals surface area contributed by atoms with Gasteiger partial charge in [-0.3, -0.25) is 19.3 Å². The molecule has 0 spiro atoms. The first-order valence-electron chi connectivity index (χ1n) is 12.9. The minimum absolute atomic E-state index is 0. The van der Waals surface area contributed by atoms with Gasteiger partial charge in [0.1, 0.15) is 22.6 Å². The summed E-state index contributed by atoms with van der Waals surface area (Å²) in [6.07, 6.45) is -0.0426. The van der Waals surface area contributed by atoms with Crippen LogP contribution in [0.3, 0.4) is 0 Å². The second-order valence-corrected chi connectivity index (χ2v) is 13.4. The van der Waals surface area contributed by atoms with Crippen LogP contribution < -0.4 is 51.1 Å². The molecule has 2 aromatic heterocycles. The number of nitrogen functional groups attached to an aromatic ring is 1. The quantitative estimate of drug-likeness (QED) is 0.0302. The normalized spacial score (nSPS) is 18.2. The number of phenolic OH excluding ortho intramolecular Hbond substituents is 2. The van der Waals surface area contributed by atoms with Crippen molar-refractivity contribution in [2.75, 3.05) is 17.2 Å². The topological polar surface area (TPSA) is 258 Å². The zero-order chi connectivity index (χ0) is 33.0. The van der Waals surface area contributed by atoms with Gasteiger partial charge in [0.2, 0.25) is 6.10 Å². The van der Waals surface area contributed by atoms with E-state index in [1.54, 1.807) is 5.51 Å². The summed E-state index contributed by atoms with van der Waals surface area (Å²) in [5, 5.41) is 49.6. The van der Waals surface area contributed by atoms with Gasteiger partial charge in [0.05, 0.1) is 17.9 Å². The molecule has 17 nitrogen and oxygen atoms in total. The number of aromatic hydroxyl groups is 2. The van der Waals surface area contributed by atoms with Gasteiger partial charge in [-0.25, -0.2) is 10.4 Å². The summed E-state index contributed by atoms with van der Waals surface area (Å²) in [4.78, 5) is 61.4. The predicted molar refractivity (Wildman–Crippen MR) is 167 cm³/mol. The van der Waals surface area contributed by atoms with E-state index in [2.05, 4.69) is 36.2 Å². The Morgan fingerprint density at radius 2 is 2.09 bits per heavy atom. The fourth-order valence-corrected chi connectivity index (χ4v) is 7.55. The van der Waals surface area contributed by atoms with Gasteiger partial charge in [-0.2, -0.15) is 5.10 Å². The van der Waals surface area contributed by atoms with Crippen LogP contribution in [0.1, 0.15) is 18.2 Å². The number of aromatic nitrogens is 3. The molecular formula is C25H22N9NaO8S4. The third-order valence-electron chi connectivity index (χ3n) is 6.28. The molecule has 0 aliphatic carbocycles. The van der Waals surface area contributed by atoms with E-state index in [9.17, 15) is 34.5 Å². The van der Waals surface area contributed by atoms with Crippen LogP contribution in [0.5, 0.6) is 11.5 Å². The number of benzene rings is 1. The Balaban J connectivity index is 0.00000500. The number of hydrogen-bond acceptors (Lipinski definition) is 18. The first kappa shape index (κ1) is 36.1. The number of hydrazone groups is 1. The van der Waals surface area contributed by atoms with Crippen molar-refractivity contribution >= 4 is 86.9 Å². The second kappa shape index (κ2) is 15.9. The van der Waals surface area contributed by atoms with Crippen molar-refractivity contribution in [3.63, 3.8) is 0 Å². The molecule has 0 radical (unpaired) electrons. The average Bonchev–Trinajstić information content (AvgIpc) is 3.71. The van der Waals surface area contributed by atoms with Gasteiger partial charge >= 0.3 is 29.6 Å². The standard InChI is InChI=1S/C25H23N9O8S4.Na/c1-10(19(37)31-27-5-11-2-3-14(35)15(36)4-11)42-33-16(13-8-44-24(26)29-13)20(38)30-17-21(39)34-18(23(40)41)12(6-43-22(17)34)7-45-25-32-28-9-46-25;/h2-5,8-10,17,22,35-36H,6-7H2,1H3,(H2,26,29)(H,30,38)(H,31,37)(H,40,41);/q;+1/p-1/t10?,17?,22-;/m1./s1. The number of phenols is 2. The number of oxime groups is 1. The number of aliphatic carboxylic acids is 1. The van der Waals surface area contributed by atoms with Crippen molar-refractivity contribution in [1.82, 2.24) is 30.8 Å². The number of carboxylic acid groups (broad SMARTS) is 1. The summed E-state index contributed by atoms with van der Waals surface area (Å²) in [7, 11) is 0. The Morgan fingerprint density at radius 3 is 2.74 bits per heavy atom. The Hall–Kier alpha value is -3.73. The average molecular weight is 728 g/mol. The molecule has 22 heteroatoms. The van der Waals surface area contributed by atoms with Crippen molar-refractivity contribution in [3.05, 3.63) is 51.6 Å². The van der Waals surface area contributed by atoms with Crippen LogP contribution in [-0.4, -0.2) is 94.9 Å². The van der Waals surface area contributed by atoms with Crippen LogP contribution in [0, 0.1) is 0 Å². The number of carbonyl (C=O) groups is 4. The largest absolute Gasteiger partial charge is 1.00 e. The number of nitrogens with zero attached hydrogens (tertiary/aromatic N) is 6. The fraction of sp³-hybridized carbons (Fsp3) is 0.240. The maximum Gasteiger partial charge on any atom is 1.00 e. The van der Waals surface area contributed by atoms with Gasteiger partial charge in [0.15, 0.2) is 26.7 Å². The van der Waals surface area contributed by atoms with E-state index >= 15 is 0 Å². The molecule has 5 rings (SSSR count). The van der Waals surface area contributed by atoms with E-state index in [1.165, 1.54) is 71.6 Å². The molecule has 2 aliphatic rings. The number of hydrogen-bond donors (Lipinski definition) is 5. The zero-order valence-corrected chi connectivity index (χ0v) is 29.6. The number of rotatable bonds is 12. The summed E-state index contributed by atoms with van der Waals surface area (Å²) in [6.45, 7) is 1.34. The molecule has 4 heterocycles. The summed E-state index contributed by atoms with van der Waals surface area (Å²) >= 11 is 4.88. The number of nitrogens with two attached hydrogens (primary N) is 1. The molecule has 3 amide bonds. The van der Waals surface area contributed by atoms with Crippen LogP contribution in [-0.2, 0) is 24.0 Å². The Bertz CT molecular complexity index is 1770. The number of carbonyl (C=O) groups excluding carboxylic acids is 4. The first-order chi connectivity index (χ1) is 22.0. The maximum absolute atomic E-state index is 13.4. The molecule has 0 bridgehead atoms. The molecule has 0 saturated carbocycles. The van der Waals surface area contributed by atoms with Gasteiger partial charge in [-0.05, 0) is 36.3 Å². The second-order valence-electron chi connectivity index (χ2n) is 9.33. The van der Waals surface area contributed by atoms with Gasteiger partial charge in [0.25, 0.3) is 17.7 Å². The number of carboxylic acids is 1. The van der Waals surface area contributed by atoms with Gasteiger partial charge in [0, 0.05) is 16.9 Å². The molecule has 1 fully saturated rings. The smallest absolute Gasteiger partial charge is 0.543 e. The van der Waals surface area contributed by atoms with Crippen molar-refractivity contribution in [1.29, 1.82) is 0 Å². The van der Waals surface area contributed by atoms with Gasteiger partial charge in [-0.15, -0.1) is 33.3 Å². The van der Waals surface area contributed by atoms with Crippen molar-refractivity contribution < 1.29 is 68.9 Å². The Morgan fingerprint density at radius 1 is 1.30 bits per heavy atom. The first-order valence-corrected chi connectivity index (χ1v) is 16.7. The fourth-order valence-electron chi connectivity index (χ4n) is 4.03. The van der Waals surface area contributed by atoms with E-state index in [-0.39, 0.29) is 74.8 Å². The third kappa shape index (κ3) is 8.41. The summed E-state index contributed by atoms with van der Waals surface area (Å²) in [6, 6.07) is 2.83. The Labute approximate surface area is 304 Å². The molecular weight excluding hydrogens is 706 g/mol. The number of anilines is 1. The number of fused-ring (bicyclic) bond motifs is 1. The minimum atomic E-state index is -1.51. The number of thiazole rings is 1. The van der Waals surface area contributed by atoms with E-state index in [1.807, 2.05) is 0 Å². The molecule has 2 aliphatic heterocycles. The van der Waals surface area contributed by atoms with Crippen molar-refractivity contribution in [2.24, 2.45) is 10.3 Å². The van der Waals surface area contributed by atoms with Crippen molar-refractivity contribution in [2.45, 2.75) is 28.8 Å². The molecule has 1 saturated heterocycles. The maximum atomic E-state index is 13.4. The van der Waals surface area contributed by atoms with Crippen LogP contribution in [0.15, 0.2) is 55.0 Å². The predicted octanol–water partition coefficient (Wildman–Crippen LogP) is -3.55. The molecule has 1 aromatic carbocycles. The van der Waals surface area contributed by atoms with Crippen LogP contribution in [0.2, 0.25) is 0 Å². The third-order valence-corrected chi connectivity index (χ3v) is 10.2. The monoisotopic (exact) mass is 727 g/mol. The minimum Gasteiger partial charge on any atom is -0.543 e. The van der Waals surface area contributed by atoms with Gasteiger partial charge < -0.3 is 36.0 Å². The summed E-state index contributed by atoms with van der Waals surface area (Å²) in [5.41, 5.74) is 9.76. The van der Waals surface area contributed by atoms with E-state index in [4.69, 9.17) is 10.6 Å². The number of thioether (sulfide) groups is 2. The molecule has 2 unspecified atom stereocenters. The van der Waals surface area contributed by atoms with Crippen LogP contribution in [0.4, 0.5) is 5.13 Å². The molecule has 240 valence electrons. The number of amides is 3.